The van der Waals surface area contributed by atoms with Crippen LogP contribution in [0, 0.1) is 0 Å². The molecule has 0 radical (unpaired) electrons. The molecule has 0 N–H and O–H groups in total. The minimum atomic E-state index is 0.00403. The van der Waals surface area contributed by atoms with Gasteiger partial charge in [-0.3, -0.25) is 9.48 Å². The van der Waals surface area contributed by atoms with Gasteiger partial charge in [0.15, 0.2) is 0 Å². The van der Waals surface area contributed by atoms with E-state index in [9.17, 15) is 4.79 Å². The Kier molecular flexibility index (Phi) is 3.45. The second-order valence-electron chi connectivity index (χ2n) is 5.10. The third-order valence-corrected chi connectivity index (χ3v) is 3.66. The molecule has 6 heteroatoms. The second-order valence-corrected chi connectivity index (χ2v) is 5.10. The number of hydrogen-bond acceptors (Lipinski definition) is 4. The summed E-state index contributed by atoms with van der Waals surface area (Å²) < 4.78 is 1.65. The topological polar surface area (TPSA) is 63.9 Å². The van der Waals surface area contributed by atoms with Gasteiger partial charge in [0.1, 0.15) is 12.0 Å². The molecule has 0 unspecified atom stereocenters. The van der Waals surface area contributed by atoms with Crippen molar-refractivity contribution >= 4 is 5.91 Å². The molecule has 1 amide bonds. The van der Waals surface area contributed by atoms with Gasteiger partial charge in [-0.1, -0.05) is 0 Å². The largest absolute Gasteiger partial charge is 0.337 e. The van der Waals surface area contributed by atoms with Gasteiger partial charge in [-0.05, 0) is 25.0 Å². The molecule has 6 nitrogen and oxygen atoms in total. The molecule has 2 aromatic heterocycles. The highest BCUT2D eigenvalue weighted by atomic mass is 16.2. The van der Waals surface area contributed by atoms with Crippen LogP contribution in [-0.4, -0.2) is 43.6 Å². The molecule has 1 aliphatic rings. The van der Waals surface area contributed by atoms with Crippen molar-refractivity contribution in [2.75, 3.05) is 13.1 Å². The van der Waals surface area contributed by atoms with Gasteiger partial charge in [0, 0.05) is 44.1 Å². The van der Waals surface area contributed by atoms with E-state index in [1.807, 2.05) is 18.0 Å². The van der Waals surface area contributed by atoms with Crippen molar-refractivity contribution in [3.63, 3.8) is 0 Å². The van der Waals surface area contributed by atoms with Gasteiger partial charge in [0.05, 0.1) is 0 Å². The standard InChI is InChI=1S/C14H17N5O/c1-18-8-5-13(17-18)14(20)19-7-2-3-11(9-19)12-4-6-15-10-16-12/h4-6,8,10-11H,2-3,7,9H2,1H3/t11-/m0/s1. The summed E-state index contributed by atoms with van der Waals surface area (Å²) >= 11 is 0. The number of carbonyl (C=O) groups excluding carboxylic acids is 1. The Labute approximate surface area is 117 Å². The minimum absolute atomic E-state index is 0.00403. The van der Waals surface area contributed by atoms with E-state index >= 15 is 0 Å². The van der Waals surface area contributed by atoms with Crippen molar-refractivity contribution in [2.24, 2.45) is 7.05 Å². The Balaban J connectivity index is 1.74. The zero-order chi connectivity index (χ0) is 13.9. The fourth-order valence-electron chi connectivity index (χ4n) is 2.64. The van der Waals surface area contributed by atoms with Crippen LogP contribution in [0.1, 0.15) is 34.9 Å². The summed E-state index contributed by atoms with van der Waals surface area (Å²) in [4.78, 5) is 22.5. The zero-order valence-electron chi connectivity index (χ0n) is 11.4. The first-order valence-electron chi connectivity index (χ1n) is 6.79. The number of carbonyl (C=O) groups is 1. The maximum Gasteiger partial charge on any atom is 0.274 e. The Hall–Kier alpha value is -2.24. The fraction of sp³-hybridized carbons (Fsp3) is 0.429. The number of aryl methyl sites for hydroxylation is 1. The van der Waals surface area contributed by atoms with Crippen LogP contribution in [0.3, 0.4) is 0 Å². The molecular weight excluding hydrogens is 254 g/mol. The predicted octanol–water partition coefficient (Wildman–Crippen LogP) is 1.23. The van der Waals surface area contributed by atoms with E-state index in [1.165, 1.54) is 0 Å². The summed E-state index contributed by atoms with van der Waals surface area (Å²) in [7, 11) is 1.82. The molecule has 0 aromatic carbocycles. The van der Waals surface area contributed by atoms with Crippen molar-refractivity contribution in [1.29, 1.82) is 0 Å². The average molecular weight is 271 g/mol. The smallest absolute Gasteiger partial charge is 0.274 e. The lowest BCUT2D eigenvalue weighted by molar-refractivity contribution is 0.0699. The van der Waals surface area contributed by atoms with Crippen molar-refractivity contribution < 1.29 is 4.79 Å². The molecule has 2 aromatic rings. The van der Waals surface area contributed by atoms with Crippen molar-refractivity contribution in [3.8, 4) is 0 Å². The summed E-state index contributed by atoms with van der Waals surface area (Å²) in [6.45, 7) is 1.49. The van der Waals surface area contributed by atoms with Gasteiger partial charge in [-0.2, -0.15) is 5.10 Å². The van der Waals surface area contributed by atoms with E-state index < -0.39 is 0 Å². The minimum Gasteiger partial charge on any atom is -0.337 e. The summed E-state index contributed by atoms with van der Waals surface area (Å²) in [6.07, 6.45) is 7.16. The van der Waals surface area contributed by atoms with Gasteiger partial charge in [-0.25, -0.2) is 9.97 Å². The van der Waals surface area contributed by atoms with Crippen molar-refractivity contribution in [1.82, 2.24) is 24.6 Å². The van der Waals surface area contributed by atoms with Gasteiger partial charge in [0.2, 0.25) is 0 Å². The van der Waals surface area contributed by atoms with Gasteiger partial charge < -0.3 is 4.90 Å². The Bertz CT molecular complexity index is 595. The summed E-state index contributed by atoms with van der Waals surface area (Å²) in [6, 6.07) is 3.69. The van der Waals surface area contributed by atoms with Crippen LogP contribution in [0.15, 0.2) is 30.9 Å². The number of amides is 1. The number of hydrogen-bond donors (Lipinski definition) is 0. The third-order valence-electron chi connectivity index (χ3n) is 3.66. The zero-order valence-corrected chi connectivity index (χ0v) is 11.4. The highest BCUT2D eigenvalue weighted by Gasteiger charge is 2.27. The normalized spacial score (nSPS) is 19.1. The lowest BCUT2D eigenvalue weighted by Crippen LogP contribution is -2.39. The van der Waals surface area contributed by atoms with Crippen LogP contribution >= 0.6 is 0 Å². The lowest BCUT2D eigenvalue weighted by atomic mass is 9.94. The number of rotatable bonds is 2. The molecule has 1 fully saturated rings. The molecule has 0 aliphatic carbocycles. The fourth-order valence-corrected chi connectivity index (χ4v) is 2.64. The highest BCUT2D eigenvalue weighted by Crippen LogP contribution is 2.25. The van der Waals surface area contributed by atoms with E-state index in [0.717, 1.165) is 25.1 Å². The van der Waals surface area contributed by atoms with Gasteiger partial charge >= 0.3 is 0 Å². The molecule has 0 spiro atoms. The molecule has 3 rings (SSSR count). The Morgan fingerprint density at radius 3 is 3.00 bits per heavy atom. The molecular formula is C14H17N5O. The van der Waals surface area contributed by atoms with Crippen LogP contribution in [0.25, 0.3) is 0 Å². The Morgan fingerprint density at radius 1 is 1.40 bits per heavy atom. The number of likely N-dealkylation sites (tertiary alicyclic amines) is 1. The first-order valence-corrected chi connectivity index (χ1v) is 6.79. The molecule has 1 aliphatic heterocycles. The van der Waals surface area contributed by atoms with Crippen molar-refractivity contribution in [3.05, 3.63) is 42.2 Å². The molecule has 20 heavy (non-hydrogen) atoms. The Morgan fingerprint density at radius 2 is 2.30 bits per heavy atom. The molecule has 1 saturated heterocycles. The van der Waals surface area contributed by atoms with Gasteiger partial charge in [-0.15, -0.1) is 0 Å². The second kappa shape index (κ2) is 5.40. The average Bonchev–Trinajstić information content (AvgIpc) is 2.94. The first kappa shape index (κ1) is 12.8. The first-order chi connectivity index (χ1) is 9.74. The van der Waals surface area contributed by atoms with Crippen LogP contribution in [0.4, 0.5) is 0 Å². The maximum absolute atomic E-state index is 12.4. The van der Waals surface area contributed by atoms with Crippen LogP contribution in [0.2, 0.25) is 0 Å². The molecule has 104 valence electrons. The van der Waals surface area contributed by atoms with Crippen LogP contribution in [-0.2, 0) is 7.05 Å². The van der Waals surface area contributed by atoms with E-state index in [1.54, 1.807) is 29.5 Å². The third kappa shape index (κ3) is 2.54. The summed E-state index contributed by atoms with van der Waals surface area (Å²) in [5, 5.41) is 4.18. The molecule has 0 saturated carbocycles. The van der Waals surface area contributed by atoms with E-state index in [2.05, 4.69) is 15.1 Å². The van der Waals surface area contributed by atoms with Crippen LogP contribution in [0.5, 0.6) is 0 Å². The van der Waals surface area contributed by atoms with E-state index in [4.69, 9.17) is 0 Å². The molecule has 0 bridgehead atoms. The highest BCUT2D eigenvalue weighted by molar-refractivity contribution is 5.92. The van der Waals surface area contributed by atoms with E-state index in [0.29, 0.717) is 18.2 Å². The molecule has 3 heterocycles. The van der Waals surface area contributed by atoms with Crippen LogP contribution < -0.4 is 0 Å². The number of nitrogens with zero attached hydrogens (tertiary/aromatic N) is 5. The number of piperidine rings is 1. The SMILES string of the molecule is Cn1ccc(C(=O)N2CCC[C@H](c3ccncn3)C2)n1. The van der Waals surface area contributed by atoms with Gasteiger partial charge in [0.25, 0.3) is 5.91 Å². The number of aromatic nitrogens is 4. The van der Waals surface area contributed by atoms with Crippen molar-refractivity contribution in [2.45, 2.75) is 18.8 Å². The predicted molar refractivity (Wildman–Crippen MR) is 73.1 cm³/mol. The quantitative estimate of drug-likeness (QED) is 0.824. The summed E-state index contributed by atoms with van der Waals surface area (Å²) in [5.41, 5.74) is 1.52. The monoisotopic (exact) mass is 271 g/mol. The maximum atomic E-state index is 12.4. The lowest BCUT2D eigenvalue weighted by Gasteiger charge is -2.32. The summed E-state index contributed by atoms with van der Waals surface area (Å²) in [5.74, 6) is 0.295. The van der Waals surface area contributed by atoms with E-state index in [-0.39, 0.29) is 5.91 Å². The molecule has 1 atom stereocenters.